The summed E-state index contributed by atoms with van der Waals surface area (Å²) >= 11 is 0. The van der Waals surface area contributed by atoms with Gasteiger partial charge in [0.15, 0.2) is 0 Å². The molecule has 0 heterocycles. The molecule has 0 radical (unpaired) electrons. The monoisotopic (exact) mass is 475 g/mol. The van der Waals surface area contributed by atoms with E-state index in [1.165, 1.54) is 0 Å². The number of ether oxygens (including phenoxy) is 1. The molecule has 0 bridgehead atoms. The highest BCUT2D eigenvalue weighted by molar-refractivity contribution is 5.91. The van der Waals surface area contributed by atoms with Crippen LogP contribution >= 0.6 is 0 Å². The average molecular weight is 476 g/mol. The first-order chi connectivity index (χ1) is 15.6. The summed E-state index contributed by atoms with van der Waals surface area (Å²) in [6, 6.07) is 5.09. The molecule has 0 aliphatic heterocycles. The third-order valence-electron chi connectivity index (χ3n) is 5.75. The zero-order valence-electron chi connectivity index (χ0n) is 22.8. The van der Waals surface area contributed by atoms with Gasteiger partial charge in [0, 0.05) is 11.6 Å². The molecule has 3 amide bonds. The first-order valence-corrected chi connectivity index (χ1v) is 12.3. The number of nitrogens with zero attached hydrogens (tertiary/aromatic N) is 1. The molecular weight excluding hydrogens is 430 g/mol. The Morgan fingerprint density at radius 1 is 1.00 bits per heavy atom. The van der Waals surface area contributed by atoms with E-state index in [2.05, 4.69) is 17.6 Å². The molecular formula is C27H45N3O4. The largest absolute Gasteiger partial charge is 0.444 e. The van der Waals surface area contributed by atoms with E-state index >= 15 is 0 Å². The third kappa shape index (κ3) is 8.99. The molecule has 34 heavy (non-hydrogen) atoms. The lowest BCUT2D eigenvalue weighted by molar-refractivity contribution is -0.147. The van der Waals surface area contributed by atoms with E-state index < -0.39 is 23.3 Å². The standard InChI is InChI=1S/C27H45N3O4/c1-11-13-20(5)29-24(32)23(21-15-18(3)14-19(4)16-21)30(27(9,10)12-2)22(31)17-28-25(33)34-26(6,7)8/h14-16,20,23H,11-13,17H2,1-10H3,(H,28,33)(H,29,32). The Bertz CT molecular complexity index is 838. The van der Waals surface area contributed by atoms with Crippen molar-refractivity contribution in [3.05, 3.63) is 34.9 Å². The number of carbonyl (C=O) groups excluding carboxylic acids is 3. The van der Waals surface area contributed by atoms with Crippen molar-refractivity contribution in [1.82, 2.24) is 15.5 Å². The van der Waals surface area contributed by atoms with Crippen LogP contribution in [0.15, 0.2) is 18.2 Å². The summed E-state index contributed by atoms with van der Waals surface area (Å²) < 4.78 is 5.28. The van der Waals surface area contributed by atoms with E-state index in [4.69, 9.17) is 4.74 Å². The van der Waals surface area contributed by atoms with Crippen molar-refractivity contribution in [3.63, 3.8) is 0 Å². The molecule has 192 valence electrons. The van der Waals surface area contributed by atoms with Crippen LogP contribution in [-0.2, 0) is 14.3 Å². The Kier molecular flexibility index (Phi) is 10.6. The molecule has 2 atom stereocenters. The van der Waals surface area contributed by atoms with E-state index in [1.54, 1.807) is 25.7 Å². The van der Waals surface area contributed by atoms with Crippen molar-refractivity contribution in [2.24, 2.45) is 0 Å². The van der Waals surface area contributed by atoms with Crippen LogP contribution < -0.4 is 10.6 Å². The second-order valence-corrected chi connectivity index (χ2v) is 10.8. The van der Waals surface area contributed by atoms with Crippen LogP contribution in [0.2, 0.25) is 0 Å². The summed E-state index contributed by atoms with van der Waals surface area (Å²) in [5.74, 6) is -0.571. The number of carbonyl (C=O) groups is 3. The zero-order chi connectivity index (χ0) is 26.3. The highest BCUT2D eigenvalue weighted by atomic mass is 16.6. The second kappa shape index (κ2) is 12.2. The van der Waals surface area contributed by atoms with Crippen molar-refractivity contribution in [2.75, 3.05) is 6.54 Å². The maximum Gasteiger partial charge on any atom is 0.408 e. The van der Waals surface area contributed by atoms with E-state index in [1.807, 2.05) is 59.7 Å². The molecule has 2 N–H and O–H groups in total. The number of hydrogen-bond acceptors (Lipinski definition) is 4. The fourth-order valence-electron chi connectivity index (χ4n) is 3.96. The van der Waals surface area contributed by atoms with Gasteiger partial charge >= 0.3 is 6.09 Å². The summed E-state index contributed by atoms with van der Waals surface area (Å²) in [7, 11) is 0. The number of aryl methyl sites for hydroxylation is 2. The van der Waals surface area contributed by atoms with Gasteiger partial charge in [-0.25, -0.2) is 4.79 Å². The maximum absolute atomic E-state index is 13.7. The van der Waals surface area contributed by atoms with Crippen LogP contribution in [-0.4, -0.2) is 46.5 Å². The normalized spacial score (nSPS) is 13.6. The van der Waals surface area contributed by atoms with Crippen molar-refractivity contribution >= 4 is 17.9 Å². The van der Waals surface area contributed by atoms with Crippen molar-refractivity contribution < 1.29 is 19.1 Å². The number of nitrogens with one attached hydrogen (secondary N) is 2. The predicted molar refractivity (Wildman–Crippen MR) is 137 cm³/mol. The molecule has 1 aromatic carbocycles. The van der Waals surface area contributed by atoms with Crippen LogP contribution in [0.5, 0.6) is 0 Å². The molecule has 1 aromatic rings. The fraction of sp³-hybridized carbons (Fsp3) is 0.667. The highest BCUT2D eigenvalue weighted by Crippen LogP contribution is 2.32. The van der Waals surface area contributed by atoms with Crippen LogP contribution in [0.4, 0.5) is 4.79 Å². The fourth-order valence-corrected chi connectivity index (χ4v) is 3.96. The highest BCUT2D eigenvalue weighted by Gasteiger charge is 2.40. The molecule has 1 rings (SSSR count). The summed E-state index contributed by atoms with van der Waals surface area (Å²) in [5, 5.41) is 5.66. The van der Waals surface area contributed by atoms with Gasteiger partial charge in [0.1, 0.15) is 18.2 Å². The molecule has 0 saturated carbocycles. The first kappa shape index (κ1) is 29.5. The smallest absolute Gasteiger partial charge is 0.408 e. The second-order valence-electron chi connectivity index (χ2n) is 10.8. The van der Waals surface area contributed by atoms with Crippen LogP contribution in [0.1, 0.15) is 97.4 Å². The molecule has 0 aliphatic carbocycles. The molecule has 0 saturated heterocycles. The molecule has 0 aromatic heterocycles. The molecule has 7 nitrogen and oxygen atoms in total. The summed E-state index contributed by atoms with van der Waals surface area (Å²) in [5.41, 5.74) is 1.48. The van der Waals surface area contributed by atoms with E-state index in [0.717, 1.165) is 29.5 Å². The average Bonchev–Trinajstić information content (AvgIpc) is 2.67. The summed E-state index contributed by atoms with van der Waals surface area (Å²) in [4.78, 5) is 41.1. The van der Waals surface area contributed by atoms with Gasteiger partial charge in [-0.2, -0.15) is 0 Å². The summed E-state index contributed by atoms with van der Waals surface area (Å²) in [6.07, 6.45) is 1.75. The van der Waals surface area contributed by atoms with Gasteiger partial charge in [-0.1, -0.05) is 49.6 Å². The maximum atomic E-state index is 13.7. The van der Waals surface area contributed by atoms with Crippen LogP contribution in [0.3, 0.4) is 0 Å². The lowest BCUT2D eigenvalue weighted by Gasteiger charge is -2.43. The van der Waals surface area contributed by atoms with Crippen LogP contribution in [0.25, 0.3) is 0 Å². The van der Waals surface area contributed by atoms with Gasteiger partial charge in [-0.3, -0.25) is 9.59 Å². The van der Waals surface area contributed by atoms with Gasteiger partial charge in [0.25, 0.3) is 0 Å². The Labute approximate surface area is 206 Å². The number of amides is 3. The lowest BCUT2D eigenvalue weighted by atomic mass is 9.91. The minimum atomic E-state index is -0.833. The Morgan fingerprint density at radius 2 is 1.56 bits per heavy atom. The van der Waals surface area contributed by atoms with Gasteiger partial charge in [0.2, 0.25) is 11.8 Å². The number of hydrogen-bond donors (Lipinski definition) is 2. The number of benzene rings is 1. The van der Waals surface area contributed by atoms with Gasteiger partial charge in [-0.05, 0) is 73.8 Å². The molecule has 7 heteroatoms. The molecule has 0 fully saturated rings. The topological polar surface area (TPSA) is 87.7 Å². The lowest BCUT2D eigenvalue weighted by Crippen LogP contribution is -2.56. The van der Waals surface area contributed by atoms with E-state index in [-0.39, 0.29) is 24.4 Å². The van der Waals surface area contributed by atoms with Crippen molar-refractivity contribution in [3.8, 4) is 0 Å². The molecule has 2 unspecified atom stereocenters. The molecule has 0 aliphatic rings. The third-order valence-corrected chi connectivity index (χ3v) is 5.75. The SMILES string of the molecule is CCCC(C)NC(=O)C(c1cc(C)cc(C)c1)N(C(=O)CNC(=O)OC(C)(C)C)C(C)(C)CC. The number of alkyl carbamates (subject to hydrolysis) is 1. The van der Waals surface area contributed by atoms with E-state index in [0.29, 0.717) is 6.42 Å². The Hall–Kier alpha value is -2.57. The van der Waals surface area contributed by atoms with Crippen molar-refractivity contribution in [2.45, 2.75) is 112 Å². The Morgan fingerprint density at radius 3 is 2.03 bits per heavy atom. The minimum Gasteiger partial charge on any atom is -0.444 e. The van der Waals surface area contributed by atoms with Gasteiger partial charge in [0.05, 0.1) is 0 Å². The number of rotatable bonds is 10. The minimum absolute atomic E-state index is 0.0208. The first-order valence-electron chi connectivity index (χ1n) is 12.3. The van der Waals surface area contributed by atoms with Crippen molar-refractivity contribution in [1.29, 1.82) is 0 Å². The zero-order valence-corrected chi connectivity index (χ0v) is 22.8. The van der Waals surface area contributed by atoms with E-state index in [9.17, 15) is 14.4 Å². The van der Waals surface area contributed by atoms with Gasteiger partial charge in [-0.15, -0.1) is 0 Å². The summed E-state index contributed by atoms with van der Waals surface area (Å²) in [6.45, 7) is 18.9. The quantitative estimate of drug-likeness (QED) is 0.487. The van der Waals surface area contributed by atoms with Gasteiger partial charge < -0.3 is 20.3 Å². The molecule has 0 spiro atoms. The predicted octanol–water partition coefficient (Wildman–Crippen LogP) is 5.19. The Balaban J connectivity index is 3.43. The van der Waals surface area contributed by atoms with Crippen LogP contribution in [0, 0.1) is 13.8 Å².